The van der Waals surface area contributed by atoms with E-state index in [1.165, 1.54) is 12.1 Å². The first-order valence-electron chi connectivity index (χ1n) is 5.29. The zero-order valence-electron chi connectivity index (χ0n) is 9.43. The Kier molecular flexibility index (Phi) is 2.72. The number of nitrogen functional groups attached to an aromatic ring is 1. The van der Waals surface area contributed by atoms with Crippen LogP contribution in [0.15, 0.2) is 35.0 Å². The van der Waals surface area contributed by atoms with Crippen molar-refractivity contribution in [3.63, 3.8) is 0 Å². The van der Waals surface area contributed by atoms with Crippen LogP contribution in [0.2, 0.25) is 5.02 Å². The van der Waals surface area contributed by atoms with E-state index >= 15 is 0 Å². The fourth-order valence-corrected chi connectivity index (χ4v) is 1.79. The molecule has 3 rings (SSSR count). The second-order valence-corrected chi connectivity index (χ2v) is 4.18. The summed E-state index contributed by atoms with van der Waals surface area (Å²) in [5.41, 5.74) is 6.78. The number of nitrogens with zero attached hydrogens (tertiary/aromatic N) is 2. The Hall–Kier alpha value is -2.34. The lowest BCUT2D eigenvalue weighted by atomic mass is 10.2. The number of aromatic nitrogens is 2. The van der Waals surface area contributed by atoms with Crippen molar-refractivity contribution in [1.29, 1.82) is 0 Å². The van der Waals surface area contributed by atoms with Crippen molar-refractivity contribution in [2.45, 2.75) is 0 Å². The monoisotopic (exact) mass is 279 g/mol. The SMILES string of the molecule is Nc1ccc(Oc2cccc(Cl)c2F)c2nonc12. The van der Waals surface area contributed by atoms with Gasteiger partial charge in [-0.2, -0.15) is 0 Å². The summed E-state index contributed by atoms with van der Waals surface area (Å²) in [6.45, 7) is 0. The molecule has 3 aromatic rings. The molecule has 0 aliphatic heterocycles. The number of halogens is 2. The summed E-state index contributed by atoms with van der Waals surface area (Å²) in [6.07, 6.45) is 0. The van der Waals surface area contributed by atoms with Crippen molar-refractivity contribution in [2.75, 3.05) is 5.73 Å². The molecule has 0 bridgehead atoms. The number of ether oxygens (including phenoxy) is 1. The van der Waals surface area contributed by atoms with Gasteiger partial charge in [0.1, 0.15) is 0 Å². The van der Waals surface area contributed by atoms with Crippen LogP contribution in [-0.2, 0) is 0 Å². The highest BCUT2D eigenvalue weighted by Crippen LogP contribution is 2.33. The van der Waals surface area contributed by atoms with Crippen LogP contribution in [0.4, 0.5) is 10.1 Å². The minimum Gasteiger partial charge on any atom is -0.452 e. The first kappa shape index (κ1) is 11.7. The number of fused-ring (bicyclic) bond motifs is 1. The van der Waals surface area contributed by atoms with Gasteiger partial charge in [0.15, 0.2) is 28.3 Å². The summed E-state index contributed by atoms with van der Waals surface area (Å²) < 4.78 is 23.8. The van der Waals surface area contributed by atoms with Gasteiger partial charge in [-0.15, -0.1) is 0 Å². The van der Waals surface area contributed by atoms with E-state index in [1.54, 1.807) is 18.2 Å². The van der Waals surface area contributed by atoms with E-state index in [-0.39, 0.29) is 16.5 Å². The maximum atomic E-state index is 13.8. The molecule has 0 aliphatic carbocycles. The molecule has 0 saturated carbocycles. The van der Waals surface area contributed by atoms with Gasteiger partial charge in [0.05, 0.1) is 10.7 Å². The smallest absolute Gasteiger partial charge is 0.184 e. The number of benzene rings is 2. The normalized spacial score (nSPS) is 10.8. The van der Waals surface area contributed by atoms with Crippen molar-refractivity contribution in [2.24, 2.45) is 0 Å². The van der Waals surface area contributed by atoms with E-state index in [0.29, 0.717) is 16.7 Å². The average Bonchev–Trinajstić information content (AvgIpc) is 2.88. The topological polar surface area (TPSA) is 74.2 Å². The van der Waals surface area contributed by atoms with Crippen molar-refractivity contribution < 1.29 is 13.8 Å². The molecule has 0 fully saturated rings. The Labute approximate surface area is 111 Å². The average molecular weight is 280 g/mol. The van der Waals surface area contributed by atoms with Crippen molar-refractivity contribution in [1.82, 2.24) is 10.3 Å². The summed E-state index contributed by atoms with van der Waals surface area (Å²) in [5, 5.41) is 7.31. The van der Waals surface area contributed by atoms with E-state index in [9.17, 15) is 4.39 Å². The molecule has 0 radical (unpaired) electrons. The molecule has 96 valence electrons. The van der Waals surface area contributed by atoms with Crippen LogP contribution < -0.4 is 10.5 Å². The highest BCUT2D eigenvalue weighted by molar-refractivity contribution is 6.30. The highest BCUT2D eigenvalue weighted by Gasteiger charge is 2.14. The van der Waals surface area contributed by atoms with Crippen LogP contribution in [-0.4, -0.2) is 10.3 Å². The Morgan fingerprint density at radius 3 is 2.74 bits per heavy atom. The molecule has 0 amide bonds. The maximum absolute atomic E-state index is 13.8. The zero-order chi connectivity index (χ0) is 13.4. The van der Waals surface area contributed by atoms with Gasteiger partial charge in [-0.25, -0.2) is 9.02 Å². The molecule has 19 heavy (non-hydrogen) atoms. The van der Waals surface area contributed by atoms with E-state index in [1.807, 2.05) is 0 Å². The third-order valence-electron chi connectivity index (χ3n) is 2.55. The van der Waals surface area contributed by atoms with Crippen molar-refractivity contribution in [3.05, 3.63) is 41.2 Å². The predicted octanol–water partition coefficient (Wildman–Crippen LogP) is 3.39. The quantitative estimate of drug-likeness (QED) is 0.728. The van der Waals surface area contributed by atoms with Gasteiger partial charge in [-0.3, -0.25) is 0 Å². The second kappa shape index (κ2) is 4.40. The number of anilines is 1. The van der Waals surface area contributed by atoms with Gasteiger partial charge in [-0.1, -0.05) is 17.7 Å². The largest absolute Gasteiger partial charge is 0.452 e. The van der Waals surface area contributed by atoms with Crippen LogP contribution in [0.5, 0.6) is 11.5 Å². The van der Waals surface area contributed by atoms with Gasteiger partial charge in [0, 0.05) is 0 Å². The molecule has 7 heteroatoms. The molecule has 1 heterocycles. The molecular weight excluding hydrogens is 273 g/mol. The van der Waals surface area contributed by atoms with E-state index in [0.717, 1.165) is 0 Å². The number of rotatable bonds is 2. The Balaban J connectivity index is 2.09. The summed E-state index contributed by atoms with van der Waals surface area (Å²) in [7, 11) is 0. The van der Waals surface area contributed by atoms with Gasteiger partial charge < -0.3 is 10.5 Å². The van der Waals surface area contributed by atoms with E-state index < -0.39 is 5.82 Å². The molecule has 0 aliphatic rings. The lowest BCUT2D eigenvalue weighted by molar-refractivity contribution is 0.314. The summed E-state index contributed by atoms with van der Waals surface area (Å²) >= 11 is 5.68. The van der Waals surface area contributed by atoms with Gasteiger partial charge in [-0.05, 0) is 34.6 Å². The minimum absolute atomic E-state index is 0.0124. The predicted molar refractivity (Wildman–Crippen MR) is 67.7 cm³/mol. The van der Waals surface area contributed by atoms with E-state index in [4.69, 9.17) is 22.1 Å². The molecular formula is C12H7ClFN3O2. The zero-order valence-corrected chi connectivity index (χ0v) is 10.2. The summed E-state index contributed by atoms with van der Waals surface area (Å²) in [5.74, 6) is -0.376. The molecule has 2 N–H and O–H groups in total. The Bertz CT molecular complexity index is 760. The van der Waals surface area contributed by atoms with Gasteiger partial charge >= 0.3 is 0 Å². The number of nitrogens with two attached hydrogens (primary N) is 1. The standard InChI is InChI=1S/C12H7ClFN3O2/c13-6-2-1-3-8(10(6)14)18-9-5-4-7(15)11-12(9)17-19-16-11/h1-5H,15H2. The van der Waals surface area contributed by atoms with Gasteiger partial charge in [0.25, 0.3) is 0 Å². The van der Waals surface area contributed by atoms with Crippen LogP contribution >= 0.6 is 11.6 Å². The minimum atomic E-state index is -0.648. The molecule has 0 spiro atoms. The number of hydrogen-bond donors (Lipinski definition) is 1. The highest BCUT2D eigenvalue weighted by atomic mass is 35.5. The first-order valence-corrected chi connectivity index (χ1v) is 5.67. The van der Waals surface area contributed by atoms with Crippen molar-refractivity contribution >= 4 is 28.3 Å². The molecule has 0 saturated heterocycles. The third-order valence-corrected chi connectivity index (χ3v) is 2.84. The van der Waals surface area contributed by atoms with Crippen LogP contribution in [0.3, 0.4) is 0 Å². The fourth-order valence-electron chi connectivity index (χ4n) is 1.63. The van der Waals surface area contributed by atoms with Crippen LogP contribution in [0.1, 0.15) is 0 Å². The molecule has 0 unspecified atom stereocenters. The molecule has 1 aromatic heterocycles. The fraction of sp³-hybridized carbons (Fsp3) is 0. The lowest BCUT2D eigenvalue weighted by Crippen LogP contribution is -1.92. The molecule has 0 atom stereocenters. The van der Waals surface area contributed by atoms with Gasteiger partial charge in [0.2, 0.25) is 0 Å². The first-order chi connectivity index (χ1) is 9.16. The number of hydrogen-bond acceptors (Lipinski definition) is 5. The Morgan fingerprint density at radius 2 is 1.89 bits per heavy atom. The lowest BCUT2D eigenvalue weighted by Gasteiger charge is -2.07. The molecule has 2 aromatic carbocycles. The molecule has 5 nitrogen and oxygen atoms in total. The maximum Gasteiger partial charge on any atom is 0.184 e. The third kappa shape index (κ3) is 1.96. The Morgan fingerprint density at radius 1 is 1.11 bits per heavy atom. The summed E-state index contributed by atoms with van der Waals surface area (Å²) in [6, 6.07) is 7.60. The van der Waals surface area contributed by atoms with Crippen LogP contribution in [0, 0.1) is 5.82 Å². The van der Waals surface area contributed by atoms with Crippen LogP contribution in [0.25, 0.3) is 11.0 Å². The summed E-state index contributed by atoms with van der Waals surface area (Å²) in [4.78, 5) is 0. The second-order valence-electron chi connectivity index (χ2n) is 3.77. The van der Waals surface area contributed by atoms with Crippen molar-refractivity contribution in [3.8, 4) is 11.5 Å². The van der Waals surface area contributed by atoms with E-state index in [2.05, 4.69) is 14.9 Å².